The molecule has 108 valence electrons. The number of unbranched alkanes of at least 4 members (excludes halogenated alkanes) is 1. The van der Waals surface area contributed by atoms with Crippen molar-refractivity contribution >= 4 is 0 Å². The molecular formula is C16H29N3. The Labute approximate surface area is 118 Å². The van der Waals surface area contributed by atoms with Crippen molar-refractivity contribution < 1.29 is 0 Å². The maximum absolute atomic E-state index is 4.02. The number of hydrogen-bond donors (Lipinski definition) is 1. The summed E-state index contributed by atoms with van der Waals surface area (Å²) in [4.78, 5) is 0. The monoisotopic (exact) mass is 263 g/mol. The average Bonchev–Trinajstić information content (AvgIpc) is 2.47. The van der Waals surface area contributed by atoms with Crippen molar-refractivity contribution in [3.05, 3.63) is 24.0 Å². The highest BCUT2D eigenvalue weighted by Crippen LogP contribution is 2.26. The zero-order chi connectivity index (χ0) is 13.9. The highest BCUT2D eigenvalue weighted by molar-refractivity contribution is 5.11. The maximum atomic E-state index is 4.02. The van der Waals surface area contributed by atoms with Crippen molar-refractivity contribution in [2.24, 2.45) is 5.92 Å². The third-order valence-electron chi connectivity index (χ3n) is 3.76. The van der Waals surface area contributed by atoms with E-state index in [-0.39, 0.29) is 0 Å². The molecule has 0 saturated heterocycles. The lowest BCUT2D eigenvalue weighted by Crippen LogP contribution is -2.24. The summed E-state index contributed by atoms with van der Waals surface area (Å²) in [5.74, 6) is 0.808. The molecule has 0 saturated carbocycles. The lowest BCUT2D eigenvalue weighted by atomic mass is 9.89. The van der Waals surface area contributed by atoms with Gasteiger partial charge in [0.1, 0.15) is 0 Å². The van der Waals surface area contributed by atoms with Crippen LogP contribution in [0, 0.1) is 5.92 Å². The average molecular weight is 263 g/mol. The fraction of sp³-hybridized carbons (Fsp3) is 0.750. The molecule has 0 spiro atoms. The second-order valence-corrected chi connectivity index (χ2v) is 5.33. The summed E-state index contributed by atoms with van der Waals surface area (Å²) >= 11 is 0. The SMILES string of the molecule is CCCCC(CC)CC(NCCC)c1ccnnc1. The van der Waals surface area contributed by atoms with Crippen LogP contribution >= 0.6 is 0 Å². The van der Waals surface area contributed by atoms with Gasteiger partial charge in [-0.05, 0) is 36.9 Å². The fourth-order valence-corrected chi connectivity index (χ4v) is 2.48. The highest BCUT2D eigenvalue weighted by atomic mass is 15.1. The quantitative estimate of drug-likeness (QED) is 0.690. The Kier molecular flexibility index (Phi) is 8.39. The molecule has 1 rings (SSSR count). The Morgan fingerprint density at radius 3 is 2.58 bits per heavy atom. The third kappa shape index (κ3) is 6.15. The lowest BCUT2D eigenvalue weighted by Gasteiger charge is -2.24. The molecule has 1 heterocycles. The summed E-state index contributed by atoms with van der Waals surface area (Å²) in [7, 11) is 0. The van der Waals surface area contributed by atoms with Gasteiger partial charge in [-0.3, -0.25) is 0 Å². The summed E-state index contributed by atoms with van der Waals surface area (Å²) in [5, 5.41) is 11.6. The first-order valence-electron chi connectivity index (χ1n) is 7.81. The van der Waals surface area contributed by atoms with Gasteiger partial charge < -0.3 is 5.32 Å². The van der Waals surface area contributed by atoms with E-state index in [1.54, 1.807) is 6.20 Å². The molecule has 0 radical (unpaired) electrons. The first-order chi connectivity index (χ1) is 9.31. The Morgan fingerprint density at radius 2 is 2.00 bits per heavy atom. The van der Waals surface area contributed by atoms with Gasteiger partial charge in [0.05, 0.1) is 6.20 Å². The minimum Gasteiger partial charge on any atom is -0.310 e. The number of nitrogens with zero attached hydrogens (tertiary/aromatic N) is 2. The molecule has 1 aromatic rings. The van der Waals surface area contributed by atoms with Crippen LogP contribution in [0.15, 0.2) is 18.5 Å². The Balaban J connectivity index is 2.62. The van der Waals surface area contributed by atoms with Gasteiger partial charge in [0, 0.05) is 12.2 Å². The van der Waals surface area contributed by atoms with Crippen molar-refractivity contribution in [1.29, 1.82) is 0 Å². The molecule has 1 N–H and O–H groups in total. The van der Waals surface area contributed by atoms with E-state index in [1.807, 2.05) is 6.20 Å². The summed E-state index contributed by atoms with van der Waals surface area (Å²) in [6, 6.07) is 2.52. The molecule has 0 amide bonds. The first-order valence-corrected chi connectivity index (χ1v) is 7.81. The van der Waals surface area contributed by atoms with Gasteiger partial charge in [-0.25, -0.2) is 0 Å². The van der Waals surface area contributed by atoms with Crippen molar-refractivity contribution in [2.75, 3.05) is 6.54 Å². The van der Waals surface area contributed by atoms with E-state index < -0.39 is 0 Å². The number of rotatable bonds is 10. The second kappa shape index (κ2) is 9.90. The van der Waals surface area contributed by atoms with E-state index in [4.69, 9.17) is 0 Å². The minimum absolute atomic E-state index is 0.428. The van der Waals surface area contributed by atoms with Crippen molar-refractivity contribution in [1.82, 2.24) is 15.5 Å². The van der Waals surface area contributed by atoms with Crippen LogP contribution in [-0.4, -0.2) is 16.7 Å². The molecule has 0 aliphatic carbocycles. The van der Waals surface area contributed by atoms with Crippen LogP contribution < -0.4 is 5.32 Å². The minimum atomic E-state index is 0.428. The van der Waals surface area contributed by atoms with Crippen LogP contribution in [0.5, 0.6) is 0 Å². The standard InChI is InChI=1S/C16H29N3/c1-4-7-8-14(6-3)12-16(17-10-5-2)15-9-11-18-19-13-15/h9,11,13-14,16-17H,4-8,10,12H2,1-3H3. The molecular weight excluding hydrogens is 234 g/mol. The van der Waals surface area contributed by atoms with Gasteiger partial charge in [-0.2, -0.15) is 10.2 Å². The van der Waals surface area contributed by atoms with Gasteiger partial charge in [0.25, 0.3) is 0 Å². The zero-order valence-corrected chi connectivity index (χ0v) is 12.7. The normalized spacial score (nSPS) is 14.3. The second-order valence-electron chi connectivity index (χ2n) is 5.33. The zero-order valence-electron chi connectivity index (χ0n) is 12.7. The predicted octanol–water partition coefficient (Wildman–Crippen LogP) is 4.12. The molecule has 1 aromatic heterocycles. The maximum Gasteiger partial charge on any atom is 0.0544 e. The van der Waals surface area contributed by atoms with Crippen LogP contribution in [0.25, 0.3) is 0 Å². The molecule has 3 heteroatoms. The highest BCUT2D eigenvalue weighted by Gasteiger charge is 2.16. The summed E-state index contributed by atoms with van der Waals surface area (Å²) in [6.07, 6.45) is 11.3. The predicted molar refractivity (Wildman–Crippen MR) is 81.0 cm³/mol. The molecule has 3 nitrogen and oxygen atoms in total. The van der Waals surface area contributed by atoms with Crippen molar-refractivity contribution in [3.8, 4) is 0 Å². The summed E-state index contributed by atoms with van der Waals surface area (Å²) < 4.78 is 0. The number of nitrogens with one attached hydrogen (secondary N) is 1. The Hall–Kier alpha value is -0.960. The van der Waals surface area contributed by atoms with E-state index in [0.717, 1.165) is 12.5 Å². The molecule has 0 fully saturated rings. The molecule has 0 aliphatic rings. The van der Waals surface area contributed by atoms with Gasteiger partial charge in [-0.1, -0.05) is 46.5 Å². The Morgan fingerprint density at radius 1 is 1.16 bits per heavy atom. The van der Waals surface area contributed by atoms with Gasteiger partial charge in [0.2, 0.25) is 0 Å². The molecule has 2 atom stereocenters. The van der Waals surface area contributed by atoms with Crippen LogP contribution in [0.2, 0.25) is 0 Å². The van der Waals surface area contributed by atoms with Crippen LogP contribution in [0.3, 0.4) is 0 Å². The van der Waals surface area contributed by atoms with Crippen LogP contribution in [0.1, 0.15) is 70.9 Å². The topological polar surface area (TPSA) is 37.8 Å². The van der Waals surface area contributed by atoms with Crippen molar-refractivity contribution in [2.45, 2.75) is 65.3 Å². The third-order valence-corrected chi connectivity index (χ3v) is 3.76. The molecule has 0 bridgehead atoms. The number of aromatic nitrogens is 2. The van der Waals surface area contributed by atoms with Gasteiger partial charge >= 0.3 is 0 Å². The van der Waals surface area contributed by atoms with E-state index in [1.165, 1.54) is 44.1 Å². The van der Waals surface area contributed by atoms with Crippen LogP contribution in [0.4, 0.5) is 0 Å². The summed E-state index contributed by atoms with van der Waals surface area (Å²) in [5.41, 5.74) is 1.28. The van der Waals surface area contributed by atoms with E-state index >= 15 is 0 Å². The van der Waals surface area contributed by atoms with Crippen LogP contribution in [-0.2, 0) is 0 Å². The largest absolute Gasteiger partial charge is 0.310 e. The Bertz CT molecular complexity index is 313. The fourth-order valence-electron chi connectivity index (χ4n) is 2.48. The van der Waals surface area contributed by atoms with Gasteiger partial charge in [-0.15, -0.1) is 0 Å². The summed E-state index contributed by atoms with van der Waals surface area (Å²) in [6.45, 7) is 7.86. The molecule has 19 heavy (non-hydrogen) atoms. The van der Waals surface area contributed by atoms with E-state index in [0.29, 0.717) is 6.04 Å². The number of hydrogen-bond acceptors (Lipinski definition) is 3. The van der Waals surface area contributed by atoms with E-state index in [2.05, 4.69) is 42.4 Å². The van der Waals surface area contributed by atoms with Crippen molar-refractivity contribution in [3.63, 3.8) is 0 Å². The first kappa shape index (κ1) is 16.1. The molecule has 0 aliphatic heterocycles. The molecule has 0 aromatic carbocycles. The smallest absolute Gasteiger partial charge is 0.0544 e. The van der Waals surface area contributed by atoms with E-state index in [9.17, 15) is 0 Å². The molecule has 2 unspecified atom stereocenters. The van der Waals surface area contributed by atoms with Gasteiger partial charge in [0.15, 0.2) is 0 Å². The lowest BCUT2D eigenvalue weighted by molar-refractivity contribution is 0.353.